The molecule has 2 saturated carbocycles. The Balaban J connectivity index is 1.17. The van der Waals surface area contributed by atoms with Crippen LogP contribution in [0, 0.1) is 5.92 Å². The van der Waals surface area contributed by atoms with Gasteiger partial charge in [-0.3, -0.25) is 4.79 Å². The molecule has 3 fully saturated rings. The van der Waals surface area contributed by atoms with E-state index in [2.05, 4.69) is 0 Å². The smallest absolute Gasteiger partial charge is 0.229 e. The van der Waals surface area contributed by atoms with Crippen LogP contribution in [-0.2, 0) is 9.47 Å². The summed E-state index contributed by atoms with van der Waals surface area (Å²) in [7, 11) is 1.40. The maximum absolute atomic E-state index is 12.9. The zero-order valence-electron chi connectivity index (χ0n) is 23.0. The van der Waals surface area contributed by atoms with E-state index in [0.717, 1.165) is 6.07 Å². The van der Waals surface area contributed by atoms with Gasteiger partial charge in [0.15, 0.2) is 17.3 Å². The van der Waals surface area contributed by atoms with Crippen LogP contribution < -0.4 is 14.2 Å². The van der Waals surface area contributed by atoms with Gasteiger partial charge in [-0.1, -0.05) is 6.07 Å². The van der Waals surface area contributed by atoms with Crippen molar-refractivity contribution in [3.05, 3.63) is 41.5 Å². The molecule has 6 rings (SSSR count). The fourth-order valence-electron chi connectivity index (χ4n) is 6.52. The van der Waals surface area contributed by atoms with E-state index in [1.165, 1.54) is 25.3 Å². The van der Waals surface area contributed by atoms with E-state index >= 15 is 0 Å². The molecule has 11 atom stereocenters. The molecule has 1 saturated heterocycles. The van der Waals surface area contributed by atoms with Gasteiger partial charge < -0.3 is 64.5 Å². The highest BCUT2D eigenvalue weighted by molar-refractivity contribution is 6.02. The Bertz CT molecular complexity index is 1380. The highest BCUT2D eigenvalue weighted by atomic mass is 16.7. The molecule has 2 aliphatic heterocycles. The monoisotopic (exact) mass is 606 g/mol. The summed E-state index contributed by atoms with van der Waals surface area (Å²) in [6.45, 7) is -0.350. The van der Waals surface area contributed by atoms with Gasteiger partial charge in [0, 0.05) is 12.1 Å². The zero-order chi connectivity index (χ0) is 30.8. The molecular weight excluding hydrogens is 572 g/mol. The number of ether oxygens (including phenoxy) is 5. The minimum absolute atomic E-state index is 0.0254. The molecule has 2 heterocycles. The standard InChI is InChI=1S/C29H34O14/c1-39-17-3-2-11(4-14(17)30)18-8-16(32)22-15(31)6-13(7-19(22)42-18)41-28-26(36)25(35)24(34)20(43-28)10-40-21-5-12-9-29(21,38)27(37)23(12)33/h2-4,6-7,12,18,20-21,23-28,30-31,33-38H,5,8-10H2,1H3/t12?,18?,20?,21-,23+,24-,25?,26?,27+,28-,29+/m1/s1. The second kappa shape index (κ2) is 11.1. The van der Waals surface area contributed by atoms with Crippen LogP contribution >= 0.6 is 0 Å². The van der Waals surface area contributed by atoms with E-state index in [9.17, 15) is 45.6 Å². The van der Waals surface area contributed by atoms with Gasteiger partial charge in [0.2, 0.25) is 6.29 Å². The Kier molecular flexibility index (Phi) is 7.67. The number of fused-ring (bicyclic) bond motifs is 3. The molecule has 2 aromatic carbocycles. The second-order valence-corrected chi connectivity index (χ2v) is 11.6. The van der Waals surface area contributed by atoms with Gasteiger partial charge in [-0.15, -0.1) is 0 Å². The fraction of sp³-hybridized carbons (Fsp3) is 0.552. The minimum atomic E-state index is -1.73. The minimum Gasteiger partial charge on any atom is -0.507 e. The van der Waals surface area contributed by atoms with Crippen LogP contribution in [0.5, 0.6) is 28.7 Å². The van der Waals surface area contributed by atoms with Crippen molar-refractivity contribution in [1.29, 1.82) is 0 Å². The largest absolute Gasteiger partial charge is 0.507 e. The fourth-order valence-corrected chi connectivity index (χ4v) is 6.52. The van der Waals surface area contributed by atoms with E-state index in [-0.39, 0.29) is 60.3 Å². The van der Waals surface area contributed by atoms with Crippen molar-refractivity contribution in [1.82, 2.24) is 0 Å². The average molecular weight is 607 g/mol. The van der Waals surface area contributed by atoms with E-state index < -0.39 is 72.3 Å². The molecule has 14 nitrogen and oxygen atoms in total. The lowest BCUT2D eigenvalue weighted by atomic mass is 9.89. The molecule has 0 amide bonds. The molecular formula is C29H34O14. The van der Waals surface area contributed by atoms with Crippen LogP contribution in [0.4, 0.5) is 0 Å². The summed E-state index contributed by atoms with van der Waals surface area (Å²) in [6.07, 6.45) is -11.7. The molecule has 234 valence electrons. The number of hydrogen-bond acceptors (Lipinski definition) is 14. The summed E-state index contributed by atoms with van der Waals surface area (Å²) in [5.41, 5.74) is -1.27. The van der Waals surface area contributed by atoms with Gasteiger partial charge in [-0.2, -0.15) is 0 Å². The number of aromatic hydroxyl groups is 2. The summed E-state index contributed by atoms with van der Waals surface area (Å²) >= 11 is 0. The Morgan fingerprint density at radius 3 is 2.42 bits per heavy atom. The SMILES string of the molecule is COc1ccc(C2CC(=O)c3c(O)cc(O[C@@H]4OC(CO[C@@H]5CC6C[C@@]5(O)[C@@H](O)[C@H]6O)[C@@H](O)C(O)C4O)cc3O2)cc1O. The first kappa shape index (κ1) is 29.8. The van der Waals surface area contributed by atoms with E-state index in [1.807, 2.05) is 0 Å². The molecule has 0 radical (unpaired) electrons. The molecule has 2 aromatic rings. The van der Waals surface area contributed by atoms with Gasteiger partial charge in [0.25, 0.3) is 0 Å². The first-order chi connectivity index (χ1) is 20.4. The number of hydrogen-bond donors (Lipinski definition) is 8. The average Bonchev–Trinajstić information content (AvgIpc) is 3.42. The molecule has 43 heavy (non-hydrogen) atoms. The molecule has 0 aromatic heterocycles. The van der Waals surface area contributed by atoms with Crippen LogP contribution in [0.2, 0.25) is 0 Å². The van der Waals surface area contributed by atoms with Crippen LogP contribution in [0.1, 0.15) is 41.3 Å². The van der Waals surface area contributed by atoms with Crippen LogP contribution in [-0.4, -0.2) is 115 Å². The number of phenolic OH excluding ortho intramolecular Hbond substituents is 2. The molecule has 4 aliphatic rings. The topological polar surface area (TPSA) is 225 Å². The highest BCUT2D eigenvalue weighted by Gasteiger charge is 2.62. The second-order valence-electron chi connectivity index (χ2n) is 11.6. The van der Waals surface area contributed by atoms with Crippen LogP contribution in [0.3, 0.4) is 0 Å². The van der Waals surface area contributed by atoms with Crippen LogP contribution in [0.15, 0.2) is 30.3 Å². The lowest BCUT2D eigenvalue weighted by Gasteiger charge is -2.42. The number of phenols is 2. The molecule has 14 heteroatoms. The third kappa shape index (κ3) is 5.07. The summed E-state index contributed by atoms with van der Waals surface area (Å²) in [5, 5.41) is 83.4. The predicted molar refractivity (Wildman–Crippen MR) is 142 cm³/mol. The molecule has 5 unspecified atom stereocenters. The number of Topliss-reactive ketones (excluding diaryl/α,β-unsaturated/α-hetero) is 1. The van der Waals surface area contributed by atoms with Gasteiger partial charge in [-0.25, -0.2) is 0 Å². The van der Waals surface area contributed by atoms with Crippen molar-refractivity contribution in [3.63, 3.8) is 0 Å². The lowest BCUT2D eigenvalue weighted by Crippen LogP contribution is -2.61. The number of ketones is 1. The van der Waals surface area contributed by atoms with Crippen molar-refractivity contribution < 1.29 is 69.3 Å². The summed E-state index contributed by atoms with van der Waals surface area (Å²) in [6, 6.07) is 6.98. The number of carbonyl (C=O) groups is 1. The highest BCUT2D eigenvalue weighted by Crippen LogP contribution is 2.49. The first-order valence-corrected chi connectivity index (χ1v) is 13.9. The molecule has 0 spiro atoms. The van der Waals surface area contributed by atoms with Gasteiger partial charge >= 0.3 is 0 Å². The third-order valence-electron chi connectivity index (χ3n) is 8.91. The van der Waals surface area contributed by atoms with Crippen molar-refractivity contribution in [2.45, 2.75) is 80.0 Å². The quantitative estimate of drug-likeness (QED) is 0.194. The number of carbonyl (C=O) groups excluding carboxylic acids is 1. The predicted octanol–water partition coefficient (Wildman–Crippen LogP) is -0.739. The van der Waals surface area contributed by atoms with E-state index in [0.29, 0.717) is 5.56 Å². The Morgan fingerprint density at radius 2 is 1.74 bits per heavy atom. The summed E-state index contributed by atoms with van der Waals surface area (Å²) < 4.78 is 28.2. The molecule has 2 aliphatic carbocycles. The van der Waals surface area contributed by atoms with Crippen molar-refractivity contribution in [2.24, 2.45) is 5.92 Å². The summed E-state index contributed by atoms with van der Waals surface area (Å²) in [4.78, 5) is 12.9. The number of aliphatic hydroxyl groups excluding tert-OH is 5. The number of methoxy groups -OCH3 is 1. The van der Waals surface area contributed by atoms with Gasteiger partial charge in [0.1, 0.15) is 65.0 Å². The number of rotatable bonds is 7. The normalized spacial score (nSPS) is 38.4. The van der Waals surface area contributed by atoms with Crippen molar-refractivity contribution in [3.8, 4) is 28.7 Å². The third-order valence-corrected chi connectivity index (χ3v) is 8.91. The van der Waals surface area contributed by atoms with E-state index in [4.69, 9.17) is 23.7 Å². The molecule has 2 bridgehead atoms. The number of benzene rings is 2. The van der Waals surface area contributed by atoms with Crippen molar-refractivity contribution in [2.75, 3.05) is 13.7 Å². The van der Waals surface area contributed by atoms with E-state index in [1.54, 1.807) is 6.07 Å². The maximum atomic E-state index is 12.9. The van der Waals surface area contributed by atoms with Gasteiger partial charge in [0.05, 0.1) is 32.3 Å². The summed E-state index contributed by atoms with van der Waals surface area (Å²) in [5.74, 6) is -1.25. The zero-order valence-corrected chi connectivity index (χ0v) is 23.0. The van der Waals surface area contributed by atoms with Gasteiger partial charge in [-0.05, 0) is 36.5 Å². The Hall–Kier alpha value is -3.21. The first-order valence-electron chi connectivity index (χ1n) is 13.9. The molecule has 8 N–H and O–H groups in total. The van der Waals surface area contributed by atoms with Crippen LogP contribution in [0.25, 0.3) is 0 Å². The number of aliphatic hydroxyl groups is 6. The Labute approximate surface area is 245 Å². The Morgan fingerprint density at radius 1 is 0.977 bits per heavy atom. The maximum Gasteiger partial charge on any atom is 0.229 e. The lowest BCUT2D eigenvalue weighted by molar-refractivity contribution is -0.286. The van der Waals surface area contributed by atoms with Crippen molar-refractivity contribution >= 4 is 5.78 Å².